The average molecular weight is 492 g/mol. The molecule has 0 atom stereocenters. The van der Waals surface area contributed by atoms with E-state index in [4.69, 9.17) is 0 Å². The first-order chi connectivity index (χ1) is 17.2. The van der Waals surface area contributed by atoms with Crippen molar-refractivity contribution in [3.05, 3.63) is 129 Å². The summed E-state index contributed by atoms with van der Waals surface area (Å²) in [6.45, 7) is -0.503. The second-order valence-corrected chi connectivity index (χ2v) is 7.92. The van der Waals surface area contributed by atoms with Crippen LogP contribution in [-0.4, -0.2) is 4.57 Å². The summed E-state index contributed by atoms with van der Waals surface area (Å²) in [6, 6.07) is 20.5. The Morgan fingerprint density at radius 1 is 0.861 bits per heavy atom. The van der Waals surface area contributed by atoms with E-state index in [2.05, 4.69) is 0 Å². The second-order valence-electron chi connectivity index (χ2n) is 7.92. The minimum atomic E-state index is -4.97. The van der Waals surface area contributed by atoms with E-state index in [0.717, 1.165) is 22.3 Å². The minimum Gasteiger partial charge on any atom is -0.303 e. The van der Waals surface area contributed by atoms with Gasteiger partial charge in [-0.3, -0.25) is 4.79 Å². The number of rotatable bonds is 5. The highest BCUT2D eigenvalue weighted by molar-refractivity contribution is 5.73. The molecule has 0 aliphatic rings. The van der Waals surface area contributed by atoms with E-state index in [1.54, 1.807) is 24.3 Å². The predicted molar refractivity (Wildman–Crippen MR) is 127 cm³/mol. The van der Waals surface area contributed by atoms with E-state index in [1.807, 2.05) is 36.4 Å². The highest BCUT2D eigenvalue weighted by atomic mass is 19.4. The summed E-state index contributed by atoms with van der Waals surface area (Å²) >= 11 is 0. The van der Waals surface area contributed by atoms with Crippen LogP contribution in [0.5, 0.6) is 0 Å². The summed E-state index contributed by atoms with van der Waals surface area (Å²) in [5, 5.41) is 9.33. The number of halogens is 5. The van der Waals surface area contributed by atoms with Crippen molar-refractivity contribution in [3.63, 3.8) is 0 Å². The summed E-state index contributed by atoms with van der Waals surface area (Å²) in [4.78, 5) is 13.1. The lowest BCUT2D eigenvalue weighted by Crippen LogP contribution is -2.29. The Balaban J connectivity index is 1.89. The quantitative estimate of drug-likeness (QED) is 0.225. The number of alkyl halides is 3. The number of aromatic nitrogens is 1. The Labute approximate surface area is 203 Å². The molecule has 3 aromatic carbocycles. The van der Waals surface area contributed by atoms with Gasteiger partial charge in [-0.1, -0.05) is 66.7 Å². The van der Waals surface area contributed by atoms with Crippen LogP contribution in [0.2, 0.25) is 0 Å². The van der Waals surface area contributed by atoms with Crippen LogP contribution in [0.1, 0.15) is 27.8 Å². The summed E-state index contributed by atoms with van der Waals surface area (Å²) in [6.07, 6.45) is -1.39. The third kappa shape index (κ3) is 5.26. The molecule has 0 radical (unpaired) electrons. The second kappa shape index (κ2) is 10.0. The lowest BCUT2D eigenvalue weighted by atomic mass is 10.0. The fraction of sp³-hybridized carbons (Fsp3) is 0.0714. The van der Waals surface area contributed by atoms with Crippen molar-refractivity contribution in [1.82, 2.24) is 4.57 Å². The van der Waals surface area contributed by atoms with Gasteiger partial charge < -0.3 is 4.57 Å². The van der Waals surface area contributed by atoms with Gasteiger partial charge in [0.25, 0.3) is 5.56 Å². The molecule has 0 N–H and O–H groups in total. The van der Waals surface area contributed by atoms with Crippen LogP contribution in [0.3, 0.4) is 0 Å². The van der Waals surface area contributed by atoms with Crippen molar-refractivity contribution in [2.45, 2.75) is 12.7 Å². The van der Waals surface area contributed by atoms with Gasteiger partial charge in [-0.25, -0.2) is 8.78 Å². The van der Waals surface area contributed by atoms with Crippen molar-refractivity contribution in [3.8, 4) is 17.3 Å². The topological polar surface area (TPSA) is 45.8 Å². The number of pyridine rings is 1. The van der Waals surface area contributed by atoms with Gasteiger partial charge in [-0.15, -0.1) is 0 Å². The van der Waals surface area contributed by atoms with E-state index in [0.29, 0.717) is 17.7 Å². The third-order valence-corrected chi connectivity index (χ3v) is 5.51. The number of nitriles is 1. The molecule has 3 nitrogen and oxygen atoms in total. The fourth-order valence-electron chi connectivity index (χ4n) is 3.75. The highest BCUT2D eigenvalue weighted by Gasteiger charge is 2.36. The monoisotopic (exact) mass is 492 g/mol. The first-order valence-corrected chi connectivity index (χ1v) is 10.7. The Hall–Kier alpha value is -4.51. The highest BCUT2D eigenvalue weighted by Crippen LogP contribution is 2.34. The van der Waals surface area contributed by atoms with Crippen molar-refractivity contribution >= 4 is 12.2 Å². The Morgan fingerprint density at radius 2 is 1.56 bits per heavy atom. The molecule has 0 aliphatic carbocycles. The first kappa shape index (κ1) is 24.6. The van der Waals surface area contributed by atoms with Crippen LogP contribution in [0.15, 0.2) is 83.7 Å². The molecule has 8 heteroatoms. The Morgan fingerprint density at radius 3 is 2.22 bits per heavy atom. The molecule has 0 spiro atoms. The van der Waals surface area contributed by atoms with E-state index in [1.165, 1.54) is 12.1 Å². The van der Waals surface area contributed by atoms with Gasteiger partial charge in [0, 0.05) is 11.6 Å². The zero-order chi connectivity index (χ0) is 25.9. The van der Waals surface area contributed by atoms with Gasteiger partial charge in [0.2, 0.25) is 0 Å². The smallest absolute Gasteiger partial charge is 0.303 e. The van der Waals surface area contributed by atoms with Crippen molar-refractivity contribution in [2.75, 3.05) is 0 Å². The first-order valence-electron chi connectivity index (χ1n) is 10.7. The zero-order valence-electron chi connectivity index (χ0n) is 18.6. The molecule has 0 saturated heterocycles. The molecule has 4 rings (SSSR count). The maximum atomic E-state index is 14.4. The Bertz CT molecular complexity index is 1550. The van der Waals surface area contributed by atoms with Gasteiger partial charge in [-0.05, 0) is 34.9 Å². The standard InChI is InChI=1S/C28H17F5N2O/c29-22-12-11-21(25(30)14-22)17-35-26(15-24(28(31,32)33)23(16-34)27(35)36)20-8-4-7-19(13-20)10-9-18-5-2-1-3-6-18/h1-15H,17H2. The molecule has 0 unspecified atom stereocenters. The predicted octanol–water partition coefficient (Wildman–Crippen LogP) is 6.90. The normalized spacial score (nSPS) is 11.6. The van der Waals surface area contributed by atoms with Crippen LogP contribution in [0.25, 0.3) is 23.4 Å². The molecule has 1 heterocycles. The average Bonchev–Trinajstić information content (AvgIpc) is 2.85. The molecule has 0 bridgehead atoms. The SMILES string of the molecule is N#Cc1c(C(F)(F)F)cc(-c2cccc(C=Cc3ccccc3)c2)n(Cc2ccc(F)cc2F)c1=O. The van der Waals surface area contributed by atoms with Gasteiger partial charge in [0.05, 0.1) is 17.8 Å². The van der Waals surface area contributed by atoms with Gasteiger partial charge >= 0.3 is 6.18 Å². The molecule has 0 fully saturated rings. The lowest BCUT2D eigenvalue weighted by molar-refractivity contribution is -0.137. The molecule has 0 amide bonds. The van der Waals surface area contributed by atoms with Crippen LogP contribution in [0, 0.1) is 23.0 Å². The van der Waals surface area contributed by atoms with E-state index in [9.17, 15) is 32.0 Å². The third-order valence-electron chi connectivity index (χ3n) is 5.51. The Kier molecular flexibility index (Phi) is 6.84. The van der Waals surface area contributed by atoms with Crippen molar-refractivity contribution in [1.29, 1.82) is 5.26 Å². The van der Waals surface area contributed by atoms with Crippen molar-refractivity contribution in [2.24, 2.45) is 0 Å². The van der Waals surface area contributed by atoms with E-state index in [-0.39, 0.29) is 16.8 Å². The summed E-state index contributed by atoms with van der Waals surface area (Å²) in [5.74, 6) is -1.81. The largest absolute Gasteiger partial charge is 0.417 e. The molecular formula is C28H17F5N2O. The molecule has 4 aromatic rings. The van der Waals surface area contributed by atoms with Gasteiger partial charge in [-0.2, -0.15) is 18.4 Å². The molecule has 0 saturated carbocycles. The maximum absolute atomic E-state index is 14.4. The van der Waals surface area contributed by atoms with Gasteiger partial charge in [0.15, 0.2) is 0 Å². The van der Waals surface area contributed by atoms with Crippen LogP contribution >= 0.6 is 0 Å². The zero-order valence-corrected chi connectivity index (χ0v) is 18.6. The molecule has 36 heavy (non-hydrogen) atoms. The number of hydrogen-bond acceptors (Lipinski definition) is 2. The molecular weight excluding hydrogens is 475 g/mol. The number of benzene rings is 3. The summed E-state index contributed by atoms with van der Waals surface area (Å²) in [7, 11) is 0. The maximum Gasteiger partial charge on any atom is 0.417 e. The lowest BCUT2D eigenvalue weighted by Gasteiger charge is -2.18. The number of nitrogens with zero attached hydrogens (tertiary/aromatic N) is 2. The van der Waals surface area contributed by atoms with Crippen molar-refractivity contribution < 1.29 is 22.0 Å². The van der Waals surface area contributed by atoms with Gasteiger partial charge in [0.1, 0.15) is 23.3 Å². The van der Waals surface area contributed by atoms with E-state index >= 15 is 0 Å². The minimum absolute atomic E-state index is 0.122. The summed E-state index contributed by atoms with van der Waals surface area (Å²) < 4.78 is 69.9. The summed E-state index contributed by atoms with van der Waals surface area (Å²) in [5.41, 5.74) is -2.20. The van der Waals surface area contributed by atoms with E-state index < -0.39 is 41.0 Å². The molecule has 0 aliphatic heterocycles. The molecule has 1 aromatic heterocycles. The number of hydrogen-bond donors (Lipinski definition) is 0. The fourth-order valence-corrected chi connectivity index (χ4v) is 3.75. The van der Waals surface area contributed by atoms with Crippen LogP contribution < -0.4 is 5.56 Å². The van der Waals surface area contributed by atoms with Crippen LogP contribution in [0.4, 0.5) is 22.0 Å². The molecule has 180 valence electrons. The van der Waals surface area contributed by atoms with Crippen LogP contribution in [-0.2, 0) is 12.7 Å².